The summed E-state index contributed by atoms with van der Waals surface area (Å²) in [7, 11) is 4.97. The molecular formula is C21H26N2O5. The third kappa shape index (κ3) is 2.99. The maximum Gasteiger partial charge on any atom is 0.230 e. The number of amides is 2. The van der Waals surface area contributed by atoms with Crippen LogP contribution in [0.25, 0.3) is 0 Å². The molecule has 3 heterocycles. The highest BCUT2D eigenvalue weighted by atomic mass is 16.5. The molecule has 0 N–H and O–H groups in total. The molecule has 1 aromatic rings. The number of ether oxygens (including phenoxy) is 3. The van der Waals surface area contributed by atoms with Crippen LogP contribution in [0.3, 0.4) is 0 Å². The van der Waals surface area contributed by atoms with Crippen LogP contribution in [0.5, 0.6) is 5.75 Å². The van der Waals surface area contributed by atoms with Crippen LogP contribution in [0.15, 0.2) is 36.4 Å². The predicted molar refractivity (Wildman–Crippen MR) is 102 cm³/mol. The highest BCUT2D eigenvalue weighted by Gasteiger charge is 2.67. The average Bonchev–Trinajstić information content (AvgIpc) is 3.34. The number of hydrogen-bond acceptors (Lipinski definition) is 5. The van der Waals surface area contributed by atoms with Gasteiger partial charge in [0.2, 0.25) is 11.8 Å². The molecule has 2 bridgehead atoms. The third-order valence-corrected chi connectivity index (χ3v) is 5.98. The lowest BCUT2D eigenvalue weighted by Gasteiger charge is -2.27. The van der Waals surface area contributed by atoms with E-state index in [0.29, 0.717) is 26.2 Å². The molecule has 3 aliphatic heterocycles. The summed E-state index contributed by atoms with van der Waals surface area (Å²) in [5, 5.41) is 0. The molecule has 2 fully saturated rings. The molecule has 4 rings (SSSR count). The van der Waals surface area contributed by atoms with E-state index in [-0.39, 0.29) is 17.9 Å². The number of benzene rings is 1. The fourth-order valence-corrected chi connectivity index (χ4v) is 4.58. The van der Waals surface area contributed by atoms with Crippen LogP contribution in [-0.2, 0) is 25.6 Å². The van der Waals surface area contributed by atoms with Gasteiger partial charge < -0.3 is 24.0 Å². The van der Waals surface area contributed by atoms with E-state index >= 15 is 0 Å². The van der Waals surface area contributed by atoms with Crippen molar-refractivity contribution >= 4 is 11.8 Å². The van der Waals surface area contributed by atoms with Gasteiger partial charge in [-0.1, -0.05) is 24.3 Å². The lowest BCUT2D eigenvalue weighted by Crippen LogP contribution is -2.45. The maximum absolute atomic E-state index is 13.3. The number of carbonyl (C=O) groups excluding carboxylic acids is 2. The molecule has 2 saturated heterocycles. The number of methoxy groups -OCH3 is 2. The molecule has 0 unspecified atom stereocenters. The second-order valence-electron chi connectivity index (χ2n) is 7.70. The standard InChI is InChI=1S/C21H26N2O5/c1-22(9-10-26-2)19(24)17-16-7-8-21(28-16)13-23(20(25)18(17)21)12-14-5-4-6-15(11-14)27-3/h4-8,11,16-18H,9-10,12-13H2,1-3H3/t16-,17-,18+,21-/m0/s1. The zero-order chi connectivity index (χ0) is 19.9. The zero-order valence-electron chi connectivity index (χ0n) is 16.5. The fraction of sp³-hybridized carbons (Fsp3) is 0.524. The third-order valence-electron chi connectivity index (χ3n) is 5.98. The quantitative estimate of drug-likeness (QED) is 0.656. The Morgan fingerprint density at radius 1 is 1.39 bits per heavy atom. The number of hydrogen-bond donors (Lipinski definition) is 0. The van der Waals surface area contributed by atoms with E-state index < -0.39 is 17.4 Å². The van der Waals surface area contributed by atoms with Gasteiger partial charge in [-0.3, -0.25) is 9.59 Å². The minimum Gasteiger partial charge on any atom is -0.497 e. The molecule has 4 atom stereocenters. The number of fused-ring (bicyclic) bond motifs is 1. The first-order valence-electron chi connectivity index (χ1n) is 9.52. The highest BCUT2D eigenvalue weighted by molar-refractivity contribution is 5.93. The van der Waals surface area contributed by atoms with E-state index in [1.807, 2.05) is 36.4 Å². The van der Waals surface area contributed by atoms with Crippen LogP contribution < -0.4 is 4.74 Å². The van der Waals surface area contributed by atoms with Crippen molar-refractivity contribution in [1.82, 2.24) is 9.80 Å². The summed E-state index contributed by atoms with van der Waals surface area (Å²) in [4.78, 5) is 29.7. The number of nitrogens with zero attached hydrogens (tertiary/aromatic N) is 2. The molecule has 7 heteroatoms. The van der Waals surface area contributed by atoms with Crippen LogP contribution >= 0.6 is 0 Å². The van der Waals surface area contributed by atoms with Crippen molar-refractivity contribution in [2.75, 3.05) is 41.0 Å². The van der Waals surface area contributed by atoms with E-state index in [0.717, 1.165) is 11.3 Å². The van der Waals surface area contributed by atoms with E-state index in [4.69, 9.17) is 14.2 Å². The van der Waals surface area contributed by atoms with Gasteiger partial charge in [0, 0.05) is 27.2 Å². The maximum atomic E-state index is 13.3. The summed E-state index contributed by atoms with van der Waals surface area (Å²) < 4.78 is 16.5. The highest BCUT2D eigenvalue weighted by Crippen LogP contribution is 2.52. The van der Waals surface area contributed by atoms with Gasteiger partial charge in [0.15, 0.2) is 0 Å². The number of likely N-dealkylation sites (tertiary alicyclic amines) is 1. The van der Waals surface area contributed by atoms with E-state index in [1.54, 1.807) is 31.1 Å². The summed E-state index contributed by atoms with van der Waals surface area (Å²) >= 11 is 0. The molecule has 1 spiro atoms. The van der Waals surface area contributed by atoms with E-state index in [1.165, 1.54) is 0 Å². The van der Waals surface area contributed by atoms with Gasteiger partial charge in [0.05, 0.1) is 38.2 Å². The second-order valence-corrected chi connectivity index (χ2v) is 7.70. The first-order valence-corrected chi connectivity index (χ1v) is 9.52. The first-order chi connectivity index (χ1) is 13.5. The smallest absolute Gasteiger partial charge is 0.230 e. The molecule has 3 aliphatic rings. The molecular weight excluding hydrogens is 360 g/mol. The average molecular weight is 386 g/mol. The van der Waals surface area contributed by atoms with E-state index in [9.17, 15) is 9.59 Å². The minimum atomic E-state index is -0.691. The van der Waals surface area contributed by atoms with Crippen molar-refractivity contribution in [3.63, 3.8) is 0 Å². The first kappa shape index (κ1) is 19.0. The Kier molecular flexibility index (Phi) is 4.89. The molecule has 0 saturated carbocycles. The van der Waals surface area contributed by atoms with Crippen LogP contribution in [-0.4, -0.2) is 74.3 Å². The van der Waals surface area contributed by atoms with Crippen LogP contribution in [0.4, 0.5) is 0 Å². The van der Waals surface area contributed by atoms with Gasteiger partial charge in [-0.05, 0) is 17.7 Å². The molecule has 150 valence electrons. The van der Waals surface area contributed by atoms with Gasteiger partial charge in [0.1, 0.15) is 11.4 Å². The van der Waals surface area contributed by atoms with E-state index in [2.05, 4.69) is 0 Å². The van der Waals surface area contributed by atoms with Crippen LogP contribution in [0.2, 0.25) is 0 Å². The number of rotatable bonds is 7. The molecule has 1 aromatic carbocycles. The predicted octanol–water partition coefficient (Wildman–Crippen LogP) is 1.08. The van der Waals surface area contributed by atoms with Crippen LogP contribution in [0, 0.1) is 11.8 Å². The molecule has 0 aliphatic carbocycles. The Hall–Kier alpha value is -2.38. The van der Waals surface area contributed by atoms with Gasteiger partial charge >= 0.3 is 0 Å². The van der Waals surface area contributed by atoms with Gasteiger partial charge in [-0.25, -0.2) is 0 Å². The largest absolute Gasteiger partial charge is 0.497 e. The van der Waals surface area contributed by atoms with Gasteiger partial charge in [-0.15, -0.1) is 0 Å². The Bertz CT molecular complexity index is 810. The summed E-state index contributed by atoms with van der Waals surface area (Å²) in [6, 6.07) is 7.68. The van der Waals surface area contributed by atoms with Crippen molar-refractivity contribution in [3.8, 4) is 5.75 Å². The Balaban J connectivity index is 1.54. The molecule has 0 aromatic heterocycles. The summed E-state index contributed by atoms with van der Waals surface area (Å²) in [5.74, 6) is -0.268. The fourth-order valence-electron chi connectivity index (χ4n) is 4.58. The normalized spacial score (nSPS) is 30.0. The number of carbonyl (C=O) groups is 2. The summed E-state index contributed by atoms with van der Waals surface area (Å²) in [5.41, 5.74) is 0.297. The van der Waals surface area contributed by atoms with Gasteiger partial charge in [0.25, 0.3) is 0 Å². The summed E-state index contributed by atoms with van der Waals surface area (Å²) in [6.07, 6.45) is 3.58. The molecule has 2 amide bonds. The monoisotopic (exact) mass is 386 g/mol. The molecule has 28 heavy (non-hydrogen) atoms. The Morgan fingerprint density at radius 2 is 2.21 bits per heavy atom. The summed E-state index contributed by atoms with van der Waals surface area (Å²) in [6.45, 7) is 1.88. The van der Waals surface area contributed by atoms with Crippen molar-refractivity contribution in [2.24, 2.45) is 11.8 Å². The Labute approximate surface area is 164 Å². The van der Waals surface area contributed by atoms with Crippen molar-refractivity contribution in [3.05, 3.63) is 42.0 Å². The van der Waals surface area contributed by atoms with Gasteiger partial charge in [-0.2, -0.15) is 0 Å². The topological polar surface area (TPSA) is 68.3 Å². The lowest BCUT2D eigenvalue weighted by molar-refractivity contribution is -0.142. The van der Waals surface area contributed by atoms with Crippen molar-refractivity contribution in [2.45, 2.75) is 18.2 Å². The van der Waals surface area contributed by atoms with Crippen LogP contribution in [0.1, 0.15) is 5.56 Å². The SMILES string of the molecule is COCCN(C)C(=O)[C@H]1[C@@H]2C=C[C@@]3(CN(Cc4cccc(OC)c4)C(=O)[C@@H]13)O2. The van der Waals surface area contributed by atoms with Crippen molar-refractivity contribution in [1.29, 1.82) is 0 Å². The van der Waals surface area contributed by atoms with Crippen molar-refractivity contribution < 1.29 is 23.8 Å². The molecule has 0 radical (unpaired) electrons. The number of likely N-dealkylation sites (N-methyl/N-ethyl adjacent to an activating group) is 1. The Morgan fingerprint density at radius 3 is 2.96 bits per heavy atom. The molecule has 7 nitrogen and oxygen atoms in total. The zero-order valence-corrected chi connectivity index (χ0v) is 16.5. The minimum absolute atomic E-state index is 0.0202. The second kappa shape index (κ2) is 7.22. The lowest BCUT2D eigenvalue weighted by atomic mass is 9.76.